The van der Waals surface area contributed by atoms with Gasteiger partial charge in [0.05, 0.1) is 11.6 Å². The minimum atomic E-state index is -0.123. The molecule has 1 aromatic rings. The van der Waals surface area contributed by atoms with Crippen LogP contribution in [0.5, 0.6) is 0 Å². The van der Waals surface area contributed by atoms with Crippen LogP contribution in [0.3, 0.4) is 0 Å². The number of rotatable bonds is 9. The molecule has 0 aliphatic rings. The van der Waals surface area contributed by atoms with Gasteiger partial charge in [0.1, 0.15) is 0 Å². The number of hydrogen-bond acceptors (Lipinski definition) is 2. The number of benzene rings is 1. The zero-order valence-corrected chi connectivity index (χ0v) is 13.8. The highest BCUT2D eigenvalue weighted by Crippen LogP contribution is 2.35. The fraction of sp³-hybridized carbons (Fsp3) is 0.667. The lowest BCUT2D eigenvalue weighted by molar-refractivity contribution is -0.0485. The maximum absolute atomic E-state index is 5.96. The molecule has 2 nitrogen and oxygen atoms in total. The molecule has 1 unspecified atom stereocenters. The summed E-state index contributed by atoms with van der Waals surface area (Å²) in [6, 6.07) is 9.18. The minimum absolute atomic E-state index is 0.123. The Morgan fingerprint density at radius 1 is 1.15 bits per heavy atom. The van der Waals surface area contributed by atoms with Crippen molar-refractivity contribution in [3.05, 3.63) is 35.4 Å². The maximum atomic E-state index is 5.96. The van der Waals surface area contributed by atoms with E-state index in [0.29, 0.717) is 0 Å². The van der Waals surface area contributed by atoms with Gasteiger partial charge in [0, 0.05) is 7.11 Å². The molecule has 1 aromatic carbocycles. The average Bonchev–Trinajstić information content (AvgIpc) is 2.52. The summed E-state index contributed by atoms with van der Waals surface area (Å²) in [6.45, 7) is 9.87. The fourth-order valence-corrected chi connectivity index (χ4v) is 2.95. The van der Waals surface area contributed by atoms with Gasteiger partial charge in [-0.05, 0) is 43.4 Å². The lowest BCUT2D eigenvalue weighted by atomic mass is 9.83. The van der Waals surface area contributed by atoms with Gasteiger partial charge in [-0.3, -0.25) is 0 Å². The van der Waals surface area contributed by atoms with Gasteiger partial charge >= 0.3 is 0 Å². The van der Waals surface area contributed by atoms with E-state index in [1.807, 2.05) is 7.11 Å². The van der Waals surface area contributed by atoms with Crippen molar-refractivity contribution >= 4 is 0 Å². The Balaban J connectivity index is 3.15. The molecule has 0 fully saturated rings. The van der Waals surface area contributed by atoms with Gasteiger partial charge in [0.25, 0.3) is 0 Å². The van der Waals surface area contributed by atoms with Crippen molar-refractivity contribution in [2.75, 3.05) is 13.7 Å². The highest BCUT2D eigenvalue weighted by Gasteiger charge is 2.36. The number of ether oxygens (including phenoxy) is 1. The molecular formula is C18H31NO. The van der Waals surface area contributed by atoms with Gasteiger partial charge in [-0.1, -0.05) is 52.0 Å². The predicted octanol–water partition coefficient (Wildman–Crippen LogP) is 4.49. The van der Waals surface area contributed by atoms with Crippen LogP contribution >= 0.6 is 0 Å². The van der Waals surface area contributed by atoms with E-state index in [4.69, 9.17) is 4.74 Å². The third kappa shape index (κ3) is 3.83. The third-order valence-electron chi connectivity index (χ3n) is 4.42. The van der Waals surface area contributed by atoms with Crippen LogP contribution in [0.25, 0.3) is 0 Å². The van der Waals surface area contributed by atoms with Crippen molar-refractivity contribution in [2.24, 2.45) is 0 Å². The summed E-state index contributed by atoms with van der Waals surface area (Å²) in [4.78, 5) is 0. The molecule has 0 amide bonds. The van der Waals surface area contributed by atoms with Crippen molar-refractivity contribution in [3.63, 3.8) is 0 Å². The molecule has 20 heavy (non-hydrogen) atoms. The SMILES string of the molecule is CCCNC(c1cccc(CC)c1)C(CC)(CC)OC. The second kappa shape index (κ2) is 8.43. The molecule has 0 aliphatic heterocycles. The topological polar surface area (TPSA) is 21.3 Å². The molecule has 0 bridgehead atoms. The summed E-state index contributed by atoms with van der Waals surface area (Å²) in [7, 11) is 1.84. The lowest BCUT2D eigenvalue weighted by Gasteiger charge is -2.39. The Morgan fingerprint density at radius 2 is 1.85 bits per heavy atom. The Bertz CT molecular complexity index is 376. The molecule has 2 heteroatoms. The smallest absolute Gasteiger partial charge is 0.0867 e. The third-order valence-corrected chi connectivity index (χ3v) is 4.42. The molecule has 0 heterocycles. The number of nitrogens with one attached hydrogen (secondary N) is 1. The van der Waals surface area contributed by atoms with E-state index in [2.05, 4.69) is 57.3 Å². The van der Waals surface area contributed by atoms with Gasteiger partial charge in [-0.25, -0.2) is 0 Å². The largest absolute Gasteiger partial charge is 0.376 e. The summed E-state index contributed by atoms with van der Waals surface area (Å²) in [6.07, 6.45) is 4.24. The molecular weight excluding hydrogens is 246 g/mol. The molecule has 1 atom stereocenters. The Labute approximate surface area is 124 Å². The molecule has 0 saturated carbocycles. The van der Waals surface area contributed by atoms with E-state index in [1.54, 1.807) is 0 Å². The van der Waals surface area contributed by atoms with Crippen LogP contribution in [-0.4, -0.2) is 19.3 Å². The maximum Gasteiger partial charge on any atom is 0.0867 e. The van der Waals surface area contributed by atoms with Crippen LogP contribution in [0, 0.1) is 0 Å². The van der Waals surface area contributed by atoms with Gasteiger partial charge in [0.2, 0.25) is 0 Å². The van der Waals surface area contributed by atoms with Crippen molar-refractivity contribution < 1.29 is 4.74 Å². The van der Waals surface area contributed by atoms with E-state index < -0.39 is 0 Å². The van der Waals surface area contributed by atoms with E-state index >= 15 is 0 Å². The Morgan fingerprint density at radius 3 is 2.35 bits per heavy atom. The first-order chi connectivity index (χ1) is 9.67. The van der Waals surface area contributed by atoms with E-state index in [1.165, 1.54) is 11.1 Å². The van der Waals surface area contributed by atoms with Crippen LogP contribution in [0.4, 0.5) is 0 Å². The Kier molecular flexibility index (Phi) is 7.25. The van der Waals surface area contributed by atoms with Crippen molar-refractivity contribution in [3.8, 4) is 0 Å². The zero-order chi connectivity index (χ0) is 15.0. The first-order valence-corrected chi connectivity index (χ1v) is 8.04. The minimum Gasteiger partial charge on any atom is -0.376 e. The summed E-state index contributed by atoms with van der Waals surface area (Å²) >= 11 is 0. The number of aryl methyl sites for hydroxylation is 1. The number of hydrogen-bond donors (Lipinski definition) is 1. The van der Waals surface area contributed by atoms with E-state index in [-0.39, 0.29) is 11.6 Å². The van der Waals surface area contributed by atoms with Crippen LogP contribution < -0.4 is 5.32 Å². The first-order valence-electron chi connectivity index (χ1n) is 8.04. The lowest BCUT2D eigenvalue weighted by Crippen LogP contribution is -2.45. The van der Waals surface area contributed by atoms with Crippen molar-refractivity contribution in [1.29, 1.82) is 0 Å². The zero-order valence-electron chi connectivity index (χ0n) is 13.8. The number of methoxy groups -OCH3 is 1. The van der Waals surface area contributed by atoms with Gasteiger partial charge < -0.3 is 10.1 Å². The molecule has 114 valence electrons. The van der Waals surface area contributed by atoms with Crippen LogP contribution in [0.15, 0.2) is 24.3 Å². The highest BCUT2D eigenvalue weighted by atomic mass is 16.5. The average molecular weight is 277 g/mol. The normalized spacial score (nSPS) is 13.4. The first kappa shape index (κ1) is 17.2. The molecule has 0 saturated heterocycles. The second-order valence-corrected chi connectivity index (χ2v) is 5.46. The standard InChI is InChI=1S/C18H31NO/c1-6-13-19-17(18(8-3,9-4)20-5)16-12-10-11-15(7-2)14-16/h10-12,14,17,19H,6-9,13H2,1-5H3. The van der Waals surface area contributed by atoms with Crippen LogP contribution in [0.2, 0.25) is 0 Å². The summed E-state index contributed by atoms with van der Waals surface area (Å²) in [5, 5.41) is 3.71. The Hall–Kier alpha value is -0.860. The monoisotopic (exact) mass is 277 g/mol. The van der Waals surface area contributed by atoms with Crippen LogP contribution in [0.1, 0.15) is 64.1 Å². The van der Waals surface area contributed by atoms with Crippen molar-refractivity contribution in [2.45, 2.75) is 65.0 Å². The van der Waals surface area contributed by atoms with Crippen LogP contribution in [-0.2, 0) is 11.2 Å². The molecule has 0 spiro atoms. The fourth-order valence-electron chi connectivity index (χ4n) is 2.95. The molecule has 0 aromatic heterocycles. The molecule has 0 aliphatic carbocycles. The summed E-state index contributed by atoms with van der Waals surface area (Å²) in [5.41, 5.74) is 2.62. The van der Waals surface area contributed by atoms with E-state index in [0.717, 1.165) is 32.2 Å². The molecule has 0 radical (unpaired) electrons. The summed E-state index contributed by atoms with van der Waals surface area (Å²) < 4.78 is 5.96. The molecule has 1 N–H and O–H groups in total. The van der Waals surface area contributed by atoms with Gasteiger partial charge in [-0.2, -0.15) is 0 Å². The van der Waals surface area contributed by atoms with Gasteiger partial charge in [0.15, 0.2) is 0 Å². The predicted molar refractivity (Wildman–Crippen MR) is 87.2 cm³/mol. The highest BCUT2D eigenvalue weighted by molar-refractivity contribution is 5.28. The quantitative estimate of drug-likeness (QED) is 0.718. The molecule has 1 rings (SSSR count). The van der Waals surface area contributed by atoms with Gasteiger partial charge in [-0.15, -0.1) is 0 Å². The van der Waals surface area contributed by atoms with E-state index in [9.17, 15) is 0 Å². The second-order valence-electron chi connectivity index (χ2n) is 5.46. The summed E-state index contributed by atoms with van der Waals surface area (Å²) in [5.74, 6) is 0. The van der Waals surface area contributed by atoms with Crippen molar-refractivity contribution in [1.82, 2.24) is 5.32 Å².